The van der Waals surface area contributed by atoms with Crippen molar-refractivity contribution in [3.63, 3.8) is 0 Å². The quantitative estimate of drug-likeness (QED) is 0.602. The summed E-state index contributed by atoms with van der Waals surface area (Å²) in [5.41, 5.74) is 1.13. The molecule has 70 valence electrons. The predicted molar refractivity (Wildman–Crippen MR) is 46.1 cm³/mol. The van der Waals surface area contributed by atoms with Gasteiger partial charge in [0.1, 0.15) is 0 Å². The molecule has 1 aromatic rings. The minimum absolute atomic E-state index is 0.392. The second kappa shape index (κ2) is 2.80. The summed E-state index contributed by atoms with van der Waals surface area (Å²) in [6.07, 6.45) is 7.17. The summed E-state index contributed by atoms with van der Waals surface area (Å²) in [6, 6.07) is 0.458. The zero-order valence-corrected chi connectivity index (χ0v) is 7.52. The molecule has 4 heteroatoms. The van der Waals surface area contributed by atoms with E-state index < -0.39 is 0 Å². The average Bonchev–Trinajstić information content (AvgIpc) is 2.65. The van der Waals surface area contributed by atoms with E-state index in [1.165, 1.54) is 25.7 Å². The molecular formula is C9H13N3O. The summed E-state index contributed by atoms with van der Waals surface area (Å²) in [7, 11) is 0. The minimum Gasteiger partial charge on any atom is -0.370 e. The first kappa shape index (κ1) is 7.50. The Kier molecular flexibility index (Phi) is 1.62. The molecule has 3 rings (SSSR count). The lowest BCUT2D eigenvalue weighted by Gasteiger charge is -2.35. The van der Waals surface area contributed by atoms with E-state index in [-0.39, 0.29) is 0 Å². The van der Waals surface area contributed by atoms with Gasteiger partial charge >= 0.3 is 0 Å². The summed E-state index contributed by atoms with van der Waals surface area (Å²) in [6.45, 7) is 0.689. The standard InChI is InChI=1S/C9H13N3O/c1-2-4-9-8(3-1)12-7(6-13-9)5-10-11-12/h5,8-9H,1-4,6H2/t8-,9-/m1/s1. The smallest absolute Gasteiger partial charge is 0.0906 e. The molecular weight excluding hydrogens is 166 g/mol. The highest BCUT2D eigenvalue weighted by atomic mass is 16.5. The van der Waals surface area contributed by atoms with E-state index in [0.29, 0.717) is 18.8 Å². The molecule has 1 fully saturated rings. The fourth-order valence-corrected chi connectivity index (χ4v) is 2.39. The van der Waals surface area contributed by atoms with Gasteiger partial charge in [0.2, 0.25) is 0 Å². The number of ether oxygens (including phenoxy) is 1. The topological polar surface area (TPSA) is 39.9 Å². The molecule has 0 saturated heterocycles. The van der Waals surface area contributed by atoms with Crippen molar-refractivity contribution >= 4 is 0 Å². The minimum atomic E-state index is 0.392. The molecule has 1 aliphatic heterocycles. The van der Waals surface area contributed by atoms with Gasteiger partial charge in [-0.2, -0.15) is 0 Å². The summed E-state index contributed by atoms with van der Waals surface area (Å²) in [4.78, 5) is 0. The highest BCUT2D eigenvalue weighted by Crippen LogP contribution is 2.34. The van der Waals surface area contributed by atoms with E-state index in [4.69, 9.17) is 4.74 Å². The summed E-state index contributed by atoms with van der Waals surface area (Å²) in [5, 5.41) is 8.06. The molecule has 0 amide bonds. The first-order chi connectivity index (χ1) is 6.45. The molecule has 0 bridgehead atoms. The van der Waals surface area contributed by atoms with Crippen molar-refractivity contribution < 1.29 is 4.74 Å². The van der Waals surface area contributed by atoms with Gasteiger partial charge in [-0.3, -0.25) is 0 Å². The van der Waals surface area contributed by atoms with E-state index in [1.54, 1.807) is 0 Å². The van der Waals surface area contributed by atoms with E-state index in [1.807, 2.05) is 6.20 Å². The van der Waals surface area contributed by atoms with Gasteiger partial charge in [-0.1, -0.05) is 18.1 Å². The lowest BCUT2D eigenvalue weighted by molar-refractivity contribution is -0.0474. The predicted octanol–water partition coefficient (Wildman–Crippen LogP) is 1.29. The second-order valence-electron chi connectivity index (χ2n) is 3.87. The number of nitrogens with zero attached hydrogens (tertiary/aromatic N) is 3. The van der Waals surface area contributed by atoms with Crippen molar-refractivity contribution in [1.82, 2.24) is 15.0 Å². The molecule has 2 atom stereocenters. The fourth-order valence-electron chi connectivity index (χ4n) is 2.39. The Morgan fingerprint density at radius 1 is 1.38 bits per heavy atom. The first-order valence-corrected chi connectivity index (χ1v) is 4.96. The van der Waals surface area contributed by atoms with E-state index in [2.05, 4.69) is 15.0 Å². The Balaban J connectivity index is 1.97. The maximum absolute atomic E-state index is 5.77. The molecule has 13 heavy (non-hydrogen) atoms. The maximum atomic E-state index is 5.77. The van der Waals surface area contributed by atoms with Crippen LogP contribution in [-0.2, 0) is 11.3 Å². The second-order valence-corrected chi connectivity index (χ2v) is 3.87. The molecule has 0 radical (unpaired) electrons. The lowest BCUT2D eigenvalue weighted by Crippen LogP contribution is -2.35. The van der Waals surface area contributed by atoms with Crippen molar-refractivity contribution in [2.75, 3.05) is 0 Å². The van der Waals surface area contributed by atoms with Crippen molar-refractivity contribution in [3.05, 3.63) is 11.9 Å². The summed E-state index contributed by atoms with van der Waals surface area (Å²) >= 11 is 0. The molecule has 0 unspecified atom stereocenters. The van der Waals surface area contributed by atoms with Crippen LogP contribution in [0.3, 0.4) is 0 Å². The number of hydrogen-bond donors (Lipinski definition) is 0. The van der Waals surface area contributed by atoms with Gasteiger partial charge in [0.05, 0.1) is 30.6 Å². The molecule has 0 spiro atoms. The summed E-state index contributed by atoms with van der Waals surface area (Å²) in [5.74, 6) is 0. The number of fused-ring (bicyclic) bond motifs is 3. The molecule has 1 aromatic heterocycles. The van der Waals surface area contributed by atoms with Gasteiger partial charge < -0.3 is 4.74 Å². The number of rotatable bonds is 0. The SMILES string of the molecule is c1nnn2c1CO[C@@H]1CCCC[C@H]12. The van der Waals surface area contributed by atoms with Gasteiger partial charge in [0, 0.05) is 0 Å². The third-order valence-corrected chi connectivity index (χ3v) is 3.08. The lowest BCUT2D eigenvalue weighted by atomic mass is 9.91. The van der Waals surface area contributed by atoms with Crippen LogP contribution in [0.1, 0.15) is 37.4 Å². The number of hydrogen-bond acceptors (Lipinski definition) is 3. The third-order valence-electron chi connectivity index (χ3n) is 3.08. The zero-order valence-electron chi connectivity index (χ0n) is 7.52. The Morgan fingerprint density at radius 3 is 3.31 bits per heavy atom. The van der Waals surface area contributed by atoms with Crippen LogP contribution < -0.4 is 0 Å². The normalized spacial score (nSPS) is 32.3. The van der Waals surface area contributed by atoms with Gasteiger partial charge in [0.15, 0.2) is 0 Å². The Bertz CT molecular complexity index is 310. The molecule has 0 N–H and O–H groups in total. The molecule has 1 saturated carbocycles. The van der Waals surface area contributed by atoms with Crippen LogP contribution in [-0.4, -0.2) is 21.1 Å². The third kappa shape index (κ3) is 1.09. The Labute approximate surface area is 76.9 Å². The molecule has 0 aromatic carbocycles. The van der Waals surface area contributed by atoms with Crippen LogP contribution in [0.4, 0.5) is 0 Å². The molecule has 1 aliphatic carbocycles. The van der Waals surface area contributed by atoms with Crippen LogP contribution in [0.15, 0.2) is 6.20 Å². The Morgan fingerprint density at radius 2 is 2.31 bits per heavy atom. The van der Waals surface area contributed by atoms with Crippen LogP contribution in [0.2, 0.25) is 0 Å². The van der Waals surface area contributed by atoms with Crippen LogP contribution in [0, 0.1) is 0 Å². The van der Waals surface area contributed by atoms with Crippen molar-refractivity contribution in [1.29, 1.82) is 0 Å². The van der Waals surface area contributed by atoms with Gasteiger partial charge in [-0.25, -0.2) is 4.68 Å². The molecule has 2 aliphatic rings. The van der Waals surface area contributed by atoms with E-state index >= 15 is 0 Å². The van der Waals surface area contributed by atoms with Gasteiger partial charge in [-0.15, -0.1) is 5.10 Å². The average molecular weight is 179 g/mol. The molecule has 4 nitrogen and oxygen atoms in total. The zero-order chi connectivity index (χ0) is 8.67. The highest BCUT2D eigenvalue weighted by molar-refractivity contribution is 4.99. The first-order valence-electron chi connectivity index (χ1n) is 4.96. The Hall–Kier alpha value is -0.900. The van der Waals surface area contributed by atoms with E-state index in [0.717, 1.165) is 5.69 Å². The fraction of sp³-hybridized carbons (Fsp3) is 0.778. The van der Waals surface area contributed by atoms with E-state index in [9.17, 15) is 0 Å². The van der Waals surface area contributed by atoms with Crippen LogP contribution in [0.25, 0.3) is 0 Å². The van der Waals surface area contributed by atoms with Crippen LogP contribution in [0.5, 0.6) is 0 Å². The monoisotopic (exact) mass is 179 g/mol. The van der Waals surface area contributed by atoms with Crippen molar-refractivity contribution in [2.24, 2.45) is 0 Å². The van der Waals surface area contributed by atoms with Crippen molar-refractivity contribution in [2.45, 2.75) is 44.4 Å². The number of aromatic nitrogens is 3. The van der Waals surface area contributed by atoms with Crippen molar-refractivity contribution in [3.8, 4) is 0 Å². The maximum Gasteiger partial charge on any atom is 0.0906 e. The van der Waals surface area contributed by atoms with Gasteiger partial charge in [0.25, 0.3) is 0 Å². The molecule has 2 heterocycles. The highest BCUT2D eigenvalue weighted by Gasteiger charge is 2.32. The summed E-state index contributed by atoms with van der Waals surface area (Å²) < 4.78 is 7.83. The van der Waals surface area contributed by atoms with Crippen LogP contribution >= 0.6 is 0 Å². The largest absolute Gasteiger partial charge is 0.370 e. The van der Waals surface area contributed by atoms with Gasteiger partial charge in [-0.05, 0) is 12.8 Å².